The summed E-state index contributed by atoms with van der Waals surface area (Å²) in [6.45, 7) is 0. The van der Waals surface area contributed by atoms with Gasteiger partial charge in [0.1, 0.15) is 0 Å². The first-order valence-corrected chi connectivity index (χ1v) is 7.38. The molecule has 0 radical (unpaired) electrons. The van der Waals surface area contributed by atoms with Gasteiger partial charge in [-0.05, 0) is 47.5 Å². The highest BCUT2D eigenvalue weighted by Crippen LogP contribution is 2.25. The Bertz CT molecular complexity index is 613. The molecule has 3 rings (SSSR count). The summed E-state index contributed by atoms with van der Waals surface area (Å²) >= 11 is 0. The van der Waals surface area contributed by atoms with Gasteiger partial charge in [0, 0.05) is 24.2 Å². The molecule has 0 aliphatic heterocycles. The van der Waals surface area contributed by atoms with Crippen molar-refractivity contribution in [3.63, 3.8) is 0 Å². The molecule has 1 aromatic heterocycles. The van der Waals surface area contributed by atoms with E-state index >= 15 is 0 Å². The second kappa shape index (κ2) is 6.03. The zero-order valence-corrected chi connectivity index (χ0v) is 12.1. The third-order valence-corrected chi connectivity index (χ3v) is 4.01. The van der Waals surface area contributed by atoms with Crippen LogP contribution in [0, 0.1) is 5.92 Å². The van der Waals surface area contributed by atoms with Gasteiger partial charge in [0.15, 0.2) is 5.82 Å². The lowest BCUT2D eigenvalue weighted by Gasteiger charge is -2.20. The number of hydrogen-bond acceptors (Lipinski definition) is 4. The molecule has 1 heterocycles. The van der Waals surface area contributed by atoms with Gasteiger partial charge in [0.05, 0.1) is 0 Å². The van der Waals surface area contributed by atoms with Crippen LogP contribution in [0.5, 0.6) is 0 Å². The Labute approximate surface area is 123 Å². The Morgan fingerprint density at radius 2 is 1.90 bits per heavy atom. The summed E-state index contributed by atoms with van der Waals surface area (Å²) in [6, 6.07) is 7.62. The summed E-state index contributed by atoms with van der Waals surface area (Å²) in [7, 11) is 1.80. The number of hydrogen-bond donors (Lipinski definition) is 1. The maximum absolute atomic E-state index is 12.2. The minimum Gasteiger partial charge on any atom is -0.326 e. The first kappa shape index (κ1) is 13.7. The number of carbonyl (C=O) groups is 1. The van der Waals surface area contributed by atoms with E-state index in [1.165, 1.54) is 6.42 Å². The lowest BCUT2D eigenvalue weighted by atomic mass is 9.88. The molecule has 1 saturated carbocycles. The number of nitrogens with zero attached hydrogens (tertiary/aromatic N) is 4. The maximum atomic E-state index is 12.2. The Morgan fingerprint density at radius 3 is 2.52 bits per heavy atom. The fraction of sp³-hybridized carbons (Fsp3) is 0.467. The molecule has 1 aromatic carbocycles. The number of amides is 1. The van der Waals surface area contributed by atoms with Gasteiger partial charge in [-0.1, -0.05) is 19.3 Å². The molecule has 0 spiro atoms. The Balaban J connectivity index is 1.67. The second-order valence-electron chi connectivity index (χ2n) is 5.53. The fourth-order valence-electron chi connectivity index (χ4n) is 2.79. The van der Waals surface area contributed by atoms with Crippen LogP contribution in [0.25, 0.3) is 11.4 Å². The van der Waals surface area contributed by atoms with Crippen LogP contribution in [0.3, 0.4) is 0 Å². The van der Waals surface area contributed by atoms with E-state index < -0.39 is 0 Å². The summed E-state index contributed by atoms with van der Waals surface area (Å²) in [5, 5.41) is 14.4. The van der Waals surface area contributed by atoms with E-state index in [4.69, 9.17) is 0 Å². The molecule has 0 saturated heterocycles. The number of rotatable bonds is 3. The smallest absolute Gasteiger partial charge is 0.227 e. The lowest BCUT2D eigenvalue weighted by molar-refractivity contribution is -0.120. The average molecular weight is 285 g/mol. The molecule has 0 atom stereocenters. The monoisotopic (exact) mass is 285 g/mol. The highest BCUT2D eigenvalue weighted by Gasteiger charge is 2.21. The molecule has 21 heavy (non-hydrogen) atoms. The highest BCUT2D eigenvalue weighted by atomic mass is 16.1. The molecular weight excluding hydrogens is 266 g/mol. The van der Waals surface area contributed by atoms with E-state index in [0.717, 1.165) is 36.9 Å². The molecule has 2 aromatic rings. The van der Waals surface area contributed by atoms with Gasteiger partial charge in [0.2, 0.25) is 5.91 Å². The first-order chi connectivity index (χ1) is 10.2. The number of anilines is 1. The van der Waals surface area contributed by atoms with Gasteiger partial charge in [-0.25, -0.2) is 4.68 Å². The summed E-state index contributed by atoms with van der Waals surface area (Å²) in [4.78, 5) is 12.2. The topological polar surface area (TPSA) is 72.7 Å². The maximum Gasteiger partial charge on any atom is 0.227 e. The van der Waals surface area contributed by atoms with E-state index in [0.29, 0.717) is 5.82 Å². The molecule has 1 aliphatic rings. The van der Waals surface area contributed by atoms with Crippen LogP contribution in [-0.4, -0.2) is 26.1 Å². The molecule has 1 fully saturated rings. The average Bonchev–Trinajstić information content (AvgIpc) is 2.95. The Kier molecular flexibility index (Phi) is 3.94. The number of nitrogens with one attached hydrogen (secondary N) is 1. The van der Waals surface area contributed by atoms with Crippen LogP contribution >= 0.6 is 0 Å². The van der Waals surface area contributed by atoms with Crippen molar-refractivity contribution in [2.24, 2.45) is 13.0 Å². The number of aryl methyl sites for hydroxylation is 1. The SMILES string of the molecule is Cn1nnnc1-c1ccc(NC(=O)C2CCCCC2)cc1. The molecule has 6 heteroatoms. The summed E-state index contributed by atoms with van der Waals surface area (Å²) in [6.07, 6.45) is 5.60. The molecule has 0 bridgehead atoms. The van der Waals surface area contributed by atoms with Gasteiger partial charge in [-0.3, -0.25) is 4.79 Å². The van der Waals surface area contributed by atoms with Crippen molar-refractivity contribution >= 4 is 11.6 Å². The molecule has 1 aliphatic carbocycles. The van der Waals surface area contributed by atoms with E-state index in [2.05, 4.69) is 20.8 Å². The van der Waals surface area contributed by atoms with Crippen molar-refractivity contribution in [1.29, 1.82) is 0 Å². The largest absolute Gasteiger partial charge is 0.326 e. The lowest BCUT2D eigenvalue weighted by Crippen LogP contribution is -2.24. The molecule has 0 unspecified atom stereocenters. The van der Waals surface area contributed by atoms with Crippen LogP contribution in [0.4, 0.5) is 5.69 Å². The molecule has 1 amide bonds. The van der Waals surface area contributed by atoms with Crippen molar-refractivity contribution < 1.29 is 4.79 Å². The number of carbonyl (C=O) groups excluding carboxylic acids is 1. The third-order valence-electron chi connectivity index (χ3n) is 4.01. The highest BCUT2D eigenvalue weighted by molar-refractivity contribution is 5.92. The summed E-state index contributed by atoms with van der Waals surface area (Å²) in [5.41, 5.74) is 1.75. The number of benzene rings is 1. The van der Waals surface area contributed by atoms with Gasteiger partial charge in [0.25, 0.3) is 0 Å². The summed E-state index contributed by atoms with van der Waals surface area (Å²) in [5.74, 6) is 1.02. The van der Waals surface area contributed by atoms with Crippen LogP contribution in [-0.2, 0) is 11.8 Å². The standard InChI is InChI=1S/C15H19N5O/c1-20-14(17-18-19-20)11-7-9-13(10-8-11)16-15(21)12-5-3-2-4-6-12/h7-10,12H,2-6H2,1H3,(H,16,21). The number of tetrazole rings is 1. The van der Waals surface area contributed by atoms with Crippen LogP contribution < -0.4 is 5.32 Å². The minimum atomic E-state index is 0.141. The van der Waals surface area contributed by atoms with Crippen molar-refractivity contribution in [2.45, 2.75) is 32.1 Å². The van der Waals surface area contributed by atoms with Crippen molar-refractivity contribution in [3.8, 4) is 11.4 Å². The molecule has 1 N–H and O–H groups in total. The van der Waals surface area contributed by atoms with E-state index in [9.17, 15) is 4.79 Å². The third kappa shape index (κ3) is 3.09. The van der Waals surface area contributed by atoms with Crippen molar-refractivity contribution in [3.05, 3.63) is 24.3 Å². The zero-order chi connectivity index (χ0) is 14.7. The van der Waals surface area contributed by atoms with Crippen LogP contribution in [0.2, 0.25) is 0 Å². The zero-order valence-electron chi connectivity index (χ0n) is 12.1. The van der Waals surface area contributed by atoms with Crippen molar-refractivity contribution in [1.82, 2.24) is 20.2 Å². The number of aromatic nitrogens is 4. The quantitative estimate of drug-likeness (QED) is 0.939. The molecule has 110 valence electrons. The normalized spacial score (nSPS) is 15.9. The fourth-order valence-corrected chi connectivity index (χ4v) is 2.79. The van der Waals surface area contributed by atoms with Gasteiger partial charge < -0.3 is 5.32 Å². The van der Waals surface area contributed by atoms with Gasteiger partial charge in [-0.2, -0.15) is 0 Å². The van der Waals surface area contributed by atoms with E-state index in [1.807, 2.05) is 24.3 Å². The minimum absolute atomic E-state index is 0.141. The second-order valence-corrected chi connectivity index (χ2v) is 5.53. The Hall–Kier alpha value is -2.24. The van der Waals surface area contributed by atoms with Gasteiger partial charge in [-0.15, -0.1) is 5.10 Å². The molecular formula is C15H19N5O. The van der Waals surface area contributed by atoms with Crippen LogP contribution in [0.15, 0.2) is 24.3 Å². The van der Waals surface area contributed by atoms with Crippen molar-refractivity contribution in [2.75, 3.05) is 5.32 Å². The summed E-state index contributed by atoms with van der Waals surface area (Å²) < 4.78 is 1.62. The first-order valence-electron chi connectivity index (χ1n) is 7.38. The van der Waals surface area contributed by atoms with E-state index in [1.54, 1.807) is 11.7 Å². The van der Waals surface area contributed by atoms with E-state index in [-0.39, 0.29) is 11.8 Å². The molecule has 6 nitrogen and oxygen atoms in total. The predicted octanol–water partition coefficient (Wildman–Crippen LogP) is 2.40. The Morgan fingerprint density at radius 1 is 1.19 bits per heavy atom. The van der Waals surface area contributed by atoms with Crippen LogP contribution in [0.1, 0.15) is 32.1 Å². The van der Waals surface area contributed by atoms with Gasteiger partial charge >= 0.3 is 0 Å². The predicted molar refractivity (Wildman–Crippen MR) is 79.4 cm³/mol.